The molecule has 2 heterocycles. The van der Waals surface area contributed by atoms with Gasteiger partial charge < -0.3 is 19.3 Å². The summed E-state index contributed by atoms with van der Waals surface area (Å²) in [6.07, 6.45) is -0.641. The topological polar surface area (TPSA) is 93.2 Å². The van der Waals surface area contributed by atoms with E-state index in [0.717, 1.165) is 0 Å². The van der Waals surface area contributed by atoms with Gasteiger partial charge in [-0.2, -0.15) is 0 Å². The van der Waals surface area contributed by atoms with Crippen LogP contribution in [0.3, 0.4) is 0 Å². The quantitative estimate of drug-likeness (QED) is 0.546. The van der Waals surface area contributed by atoms with Gasteiger partial charge in [-0.25, -0.2) is 9.59 Å². The van der Waals surface area contributed by atoms with E-state index in [4.69, 9.17) is 9.47 Å². The van der Waals surface area contributed by atoms with Crippen molar-refractivity contribution in [2.75, 3.05) is 26.2 Å². The van der Waals surface area contributed by atoms with E-state index in [9.17, 15) is 19.2 Å². The Morgan fingerprint density at radius 1 is 0.625 bits per heavy atom. The van der Waals surface area contributed by atoms with Crippen molar-refractivity contribution >= 4 is 23.8 Å². The van der Waals surface area contributed by atoms with Crippen LogP contribution in [-0.4, -0.2) is 70.9 Å². The van der Waals surface area contributed by atoms with Crippen LogP contribution in [0.4, 0.5) is 9.59 Å². The van der Waals surface area contributed by atoms with Crippen molar-refractivity contribution in [2.45, 2.75) is 80.4 Å². The molecule has 0 aromatic heterocycles. The molecule has 184 valence electrons. The Balaban J connectivity index is 0.000000320. The summed E-state index contributed by atoms with van der Waals surface area (Å²) in [5.74, 6) is 0.125. The summed E-state index contributed by atoms with van der Waals surface area (Å²) < 4.78 is 10.6. The van der Waals surface area contributed by atoms with Crippen molar-refractivity contribution in [3.05, 3.63) is 0 Å². The lowest BCUT2D eigenvalue weighted by Gasteiger charge is -2.35. The first-order valence-electron chi connectivity index (χ1n) is 11.4. The zero-order valence-corrected chi connectivity index (χ0v) is 21.5. The minimum atomic E-state index is -0.481. The Hall–Kier alpha value is -2.12. The van der Waals surface area contributed by atoms with Crippen LogP contribution in [0.1, 0.15) is 69.2 Å². The number of piperidine rings is 2. The van der Waals surface area contributed by atoms with Gasteiger partial charge in [-0.3, -0.25) is 9.59 Å². The van der Waals surface area contributed by atoms with Crippen LogP contribution in [0, 0.1) is 23.7 Å². The molecular weight excluding hydrogens is 412 g/mol. The van der Waals surface area contributed by atoms with Gasteiger partial charge >= 0.3 is 12.2 Å². The van der Waals surface area contributed by atoms with Gasteiger partial charge in [0.1, 0.15) is 22.8 Å². The number of Topliss-reactive ketones (excluding diaryl/α,β-unsaturated/α-hetero) is 2. The normalized spacial score (nSPS) is 26.8. The number of carbonyl (C=O) groups excluding carboxylic acids is 4. The summed E-state index contributed by atoms with van der Waals surface area (Å²) in [5.41, 5.74) is -0.962. The van der Waals surface area contributed by atoms with Crippen LogP contribution in [0.2, 0.25) is 0 Å². The number of hydrogen-bond acceptors (Lipinski definition) is 6. The minimum Gasteiger partial charge on any atom is -0.444 e. The molecule has 0 radical (unpaired) electrons. The standard InChI is InChI=1S/2C12H21NO3/c2*1-8-6-13(7-9(2)10(8)14)11(15)16-12(3,4)5/h2*8-9H,6-7H2,1-5H3/t2*8-,9+. The van der Waals surface area contributed by atoms with Crippen LogP contribution < -0.4 is 0 Å². The summed E-state index contributed by atoms with van der Waals surface area (Å²) in [5, 5.41) is 0. The fourth-order valence-corrected chi connectivity index (χ4v) is 3.75. The zero-order chi connectivity index (χ0) is 25.0. The highest BCUT2D eigenvalue weighted by atomic mass is 16.6. The second-order valence-corrected chi connectivity index (χ2v) is 11.2. The smallest absolute Gasteiger partial charge is 0.410 e. The Morgan fingerprint density at radius 2 is 0.844 bits per heavy atom. The average molecular weight is 455 g/mol. The number of likely N-dealkylation sites (tertiary alicyclic amines) is 2. The second-order valence-electron chi connectivity index (χ2n) is 11.2. The lowest BCUT2D eigenvalue weighted by Crippen LogP contribution is -2.49. The molecule has 32 heavy (non-hydrogen) atoms. The fraction of sp³-hybridized carbons (Fsp3) is 0.833. The number of ketones is 2. The van der Waals surface area contributed by atoms with E-state index in [0.29, 0.717) is 26.2 Å². The van der Waals surface area contributed by atoms with Gasteiger partial charge in [0, 0.05) is 49.9 Å². The highest BCUT2D eigenvalue weighted by Crippen LogP contribution is 2.21. The van der Waals surface area contributed by atoms with Gasteiger partial charge in [-0.1, -0.05) is 27.7 Å². The van der Waals surface area contributed by atoms with E-state index in [1.165, 1.54) is 0 Å². The molecule has 2 rings (SSSR count). The van der Waals surface area contributed by atoms with Gasteiger partial charge in [0.2, 0.25) is 0 Å². The van der Waals surface area contributed by atoms with Crippen LogP contribution in [0.25, 0.3) is 0 Å². The molecule has 0 unspecified atom stereocenters. The number of carbonyl (C=O) groups is 4. The van der Waals surface area contributed by atoms with Gasteiger partial charge in [0.25, 0.3) is 0 Å². The molecule has 0 bridgehead atoms. The molecule has 2 saturated heterocycles. The van der Waals surface area contributed by atoms with E-state index in [2.05, 4.69) is 0 Å². The fourth-order valence-electron chi connectivity index (χ4n) is 3.75. The maximum Gasteiger partial charge on any atom is 0.410 e. The maximum atomic E-state index is 11.8. The molecule has 8 heteroatoms. The lowest BCUT2D eigenvalue weighted by molar-refractivity contribution is -0.130. The third-order valence-electron chi connectivity index (χ3n) is 5.22. The molecule has 2 aliphatic rings. The molecule has 0 spiro atoms. The van der Waals surface area contributed by atoms with Crippen LogP contribution in [0.5, 0.6) is 0 Å². The summed E-state index contributed by atoms with van der Waals surface area (Å²) >= 11 is 0. The predicted octanol–water partition coefficient (Wildman–Crippen LogP) is 4.16. The highest BCUT2D eigenvalue weighted by Gasteiger charge is 2.35. The van der Waals surface area contributed by atoms with Crippen LogP contribution in [0.15, 0.2) is 0 Å². The molecule has 2 amide bonds. The SMILES string of the molecule is C[C@@H]1CN(C(=O)OC(C)(C)C)C[C@H](C)C1=O.C[C@@H]1CN(C(=O)OC(C)(C)C)C[C@H](C)C1=O. The van der Waals surface area contributed by atoms with E-state index in [1.54, 1.807) is 9.80 Å². The molecule has 8 nitrogen and oxygen atoms in total. The average Bonchev–Trinajstić information content (AvgIpc) is 2.61. The Kier molecular flexibility index (Phi) is 9.30. The molecule has 4 atom stereocenters. The third-order valence-corrected chi connectivity index (χ3v) is 5.22. The van der Waals surface area contributed by atoms with Crippen molar-refractivity contribution in [2.24, 2.45) is 23.7 Å². The largest absolute Gasteiger partial charge is 0.444 e. The second kappa shape index (κ2) is 10.7. The molecular formula is C24H42N2O6. The summed E-state index contributed by atoms with van der Waals surface area (Å²) in [7, 11) is 0. The number of rotatable bonds is 0. The molecule has 0 aromatic rings. The Labute approximate surface area is 193 Å². The van der Waals surface area contributed by atoms with E-state index < -0.39 is 11.2 Å². The summed E-state index contributed by atoms with van der Waals surface area (Å²) in [4.78, 5) is 50.1. The highest BCUT2D eigenvalue weighted by molar-refractivity contribution is 5.86. The number of nitrogens with zero attached hydrogens (tertiary/aromatic N) is 2. The van der Waals surface area contributed by atoms with E-state index in [-0.39, 0.29) is 47.4 Å². The number of ether oxygens (including phenoxy) is 2. The Bertz CT molecular complexity index is 618. The van der Waals surface area contributed by atoms with Crippen LogP contribution in [-0.2, 0) is 19.1 Å². The first kappa shape index (κ1) is 27.9. The summed E-state index contributed by atoms with van der Waals surface area (Å²) in [6, 6.07) is 0. The predicted molar refractivity (Wildman–Crippen MR) is 122 cm³/mol. The molecule has 0 aromatic carbocycles. The zero-order valence-electron chi connectivity index (χ0n) is 21.5. The third kappa shape index (κ3) is 8.79. The molecule has 0 N–H and O–H groups in total. The van der Waals surface area contributed by atoms with Crippen molar-refractivity contribution in [1.29, 1.82) is 0 Å². The van der Waals surface area contributed by atoms with E-state index in [1.807, 2.05) is 69.2 Å². The Morgan fingerprint density at radius 3 is 1.03 bits per heavy atom. The lowest BCUT2D eigenvalue weighted by atomic mass is 9.90. The van der Waals surface area contributed by atoms with Gasteiger partial charge in [-0.15, -0.1) is 0 Å². The monoisotopic (exact) mass is 454 g/mol. The molecule has 0 saturated carbocycles. The van der Waals surface area contributed by atoms with Crippen molar-refractivity contribution < 1.29 is 28.7 Å². The van der Waals surface area contributed by atoms with Crippen LogP contribution >= 0.6 is 0 Å². The molecule has 0 aliphatic carbocycles. The minimum absolute atomic E-state index is 0.0868. The van der Waals surface area contributed by atoms with Gasteiger partial charge in [0.15, 0.2) is 0 Å². The van der Waals surface area contributed by atoms with Crippen molar-refractivity contribution in [3.63, 3.8) is 0 Å². The van der Waals surface area contributed by atoms with Crippen molar-refractivity contribution in [3.8, 4) is 0 Å². The first-order chi connectivity index (χ1) is 14.4. The number of amides is 2. The van der Waals surface area contributed by atoms with Gasteiger partial charge in [-0.05, 0) is 41.5 Å². The molecule has 2 aliphatic heterocycles. The van der Waals surface area contributed by atoms with E-state index >= 15 is 0 Å². The maximum absolute atomic E-state index is 11.8. The number of hydrogen-bond donors (Lipinski definition) is 0. The first-order valence-corrected chi connectivity index (χ1v) is 11.4. The van der Waals surface area contributed by atoms with Crippen molar-refractivity contribution in [1.82, 2.24) is 9.80 Å². The molecule has 2 fully saturated rings. The van der Waals surface area contributed by atoms with Gasteiger partial charge in [0.05, 0.1) is 0 Å². The summed E-state index contributed by atoms with van der Waals surface area (Å²) in [6.45, 7) is 20.3.